The Morgan fingerprint density at radius 2 is 1.86 bits per heavy atom. The maximum atomic E-state index is 13.4. The van der Waals surface area contributed by atoms with Crippen molar-refractivity contribution in [3.63, 3.8) is 0 Å². The summed E-state index contributed by atoms with van der Waals surface area (Å²) in [6, 6.07) is 19.3. The minimum absolute atomic E-state index is 0.0264. The summed E-state index contributed by atoms with van der Waals surface area (Å²) in [5.41, 5.74) is 1.75. The molecule has 3 aromatic rings. The van der Waals surface area contributed by atoms with Gasteiger partial charge in [-0.25, -0.2) is 0 Å². The zero-order valence-corrected chi connectivity index (χ0v) is 16.9. The lowest BCUT2D eigenvalue weighted by atomic mass is 9.93. The second kappa shape index (κ2) is 8.03. The number of carbonyl (C=O) groups is 1. The molecule has 0 saturated heterocycles. The molecule has 1 N–H and O–H groups in total. The Hall–Kier alpha value is -3.21. The van der Waals surface area contributed by atoms with Gasteiger partial charge in [-0.1, -0.05) is 37.6 Å². The van der Waals surface area contributed by atoms with Crippen LogP contribution in [0.4, 0.5) is 5.69 Å². The van der Waals surface area contributed by atoms with Gasteiger partial charge < -0.3 is 19.4 Å². The van der Waals surface area contributed by atoms with Gasteiger partial charge in [0.2, 0.25) is 0 Å². The molecule has 2 heterocycles. The molecule has 0 bridgehead atoms. The molecule has 1 aromatic heterocycles. The lowest BCUT2D eigenvalue weighted by molar-refractivity contribution is 0.0487. The van der Waals surface area contributed by atoms with Crippen LogP contribution in [0.1, 0.15) is 48.4 Å². The van der Waals surface area contributed by atoms with E-state index in [1.807, 2.05) is 72.5 Å². The highest BCUT2D eigenvalue weighted by Crippen LogP contribution is 2.39. The van der Waals surface area contributed by atoms with E-state index in [0.717, 1.165) is 35.6 Å². The van der Waals surface area contributed by atoms with Crippen molar-refractivity contribution in [3.05, 3.63) is 83.8 Å². The molecule has 1 atom stereocenters. The van der Waals surface area contributed by atoms with Gasteiger partial charge in [0.1, 0.15) is 17.2 Å². The number of furan rings is 1. The van der Waals surface area contributed by atoms with Crippen LogP contribution in [-0.4, -0.2) is 17.4 Å². The van der Waals surface area contributed by atoms with E-state index in [1.54, 1.807) is 6.26 Å². The first-order valence-corrected chi connectivity index (χ1v) is 10.1. The number of carbonyl (C=O) groups excluding carboxylic acids is 1. The number of benzene rings is 2. The van der Waals surface area contributed by atoms with E-state index in [2.05, 4.69) is 12.2 Å². The van der Waals surface area contributed by atoms with Crippen molar-refractivity contribution in [2.45, 2.75) is 38.9 Å². The summed E-state index contributed by atoms with van der Waals surface area (Å²) < 4.78 is 11.3. The van der Waals surface area contributed by atoms with Gasteiger partial charge in [-0.05, 0) is 55.3 Å². The third kappa shape index (κ3) is 3.73. The molecule has 1 aliphatic heterocycles. The van der Waals surface area contributed by atoms with Crippen LogP contribution in [0.15, 0.2) is 71.3 Å². The molecule has 29 heavy (non-hydrogen) atoms. The number of hydrogen-bond donors (Lipinski definition) is 1. The Bertz CT molecular complexity index is 966. The fourth-order valence-corrected chi connectivity index (χ4v) is 3.68. The molecule has 4 rings (SSSR count). The lowest BCUT2D eigenvalue weighted by Crippen LogP contribution is -2.55. The first kappa shape index (κ1) is 19.1. The summed E-state index contributed by atoms with van der Waals surface area (Å²) in [6.45, 7) is 5.25. The van der Waals surface area contributed by atoms with Crippen molar-refractivity contribution in [3.8, 4) is 5.75 Å². The Balaban J connectivity index is 1.68. The number of unbranched alkanes of at least 4 members (excludes halogenated alkanes) is 1. The van der Waals surface area contributed by atoms with Crippen LogP contribution in [0.3, 0.4) is 0 Å². The minimum atomic E-state index is -0.722. The van der Waals surface area contributed by atoms with E-state index >= 15 is 0 Å². The summed E-state index contributed by atoms with van der Waals surface area (Å²) >= 11 is 0. The van der Waals surface area contributed by atoms with Gasteiger partial charge >= 0.3 is 0 Å². The fourth-order valence-electron chi connectivity index (χ4n) is 3.68. The predicted molar refractivity (Wildman–Crippen MR) is 113 cm³/mol. The van der Waals surface area contributed by atoms with Crippen LogP contribution in [0.2, 0.25) is 0 Å². The SMILES string of the molecule is CCCCOc1ccc(C2(C)Nc3ccccc3C(=O)N2Cc2ccco2)cc1. The molecular formula is C24H26N2O3. The van der Waals surface area contributed by atoms with Gasteiger partial charge in [0.15, 0.2) is 0 Å². The molecular weight excluding hydrogens is 364 g/mol. The number of ether oxygens (including phenoxy) is 1. The highest BCUT2D eigenvalue weighted by Gasteiger charge is 2.42. The first-order chi connectivity index (χ1) is 14.1. The molecule has 0 radical (unpaired) electrons. The summed E-state index contributed by atoms with van der Waals surface area (Å²) in [5.74, 6) is 1.55. The number of rotatable bonds is 7. The van der Waals surface area contributed by atoms with Gasteiger partial charge in [0, 0.05) is 5.69 Å². The van der Waals surface area contributed by atoms with Crippen LogP contribution >= 0.6 is 0 Å². The van der Waals surface area contributed by atoms with Gasteiger partial charge in [-0.3, -0.25) is 4.79 Å². The van der Waals surface area contributed by atoms with Crippen molar-refractivity contribution in [1.29, 1.82) is 0 Å². The Kier molecular flexibility index (Phi) is 5.30. The standard InChI is InChI=1S/C24H26N2O3/c1-3-4-15-28-19-13-11-18(12-14-19)24(2)25-22-10-6-5-9-21(22)23(27)26(24)17-20-8-7-16-29-20/h5-14,16,25H,3-4,15,17H2,1-2H3. The van der Waals surface area contributed by atoms with Crippen molar-refractivity contribution in [2.24, 2.45) is 0 Å². The maximum Gasteiger partial charge on any atom is 0.258 e. The Labute approximate surface area is 171 Å². The van der Waals surface area contributed by atoms with Gasteiger partial charge in [-0.2, -0.15) is 0 Å². The summed E-state index contributed by atoms with van der Waals surface area (Å²) in [6.07, 6.45) is 3.76. The number of para-hydroxylation sites is 1. The predicted octanol–water partition coefficient (Wildman–Crippen LogP) is 5.40. The molecule has 5 nitrogen and oxygen atoms in total. The molecule has 0 spiro atoms. The fraction of sp³-hybridized carbons (Fsp3) is 0.292. The number of anilines is 1. The average Bonchev–Trinajstić information content (AvgIpc) is 3.25. The monoisotopic (exact) mass is 390 g/mol. The van der Waals surface area contributed by atoms with Crippen LogP contribution in [0.5, 0.6) is 5.75 Å². The number of nitrogens with one attached hydrogen (secondary N) is 1. The summed E-state index contributed by atoms with van der Waals surface area (Å²) in [5, 5.41) is 3.58. The molecule has 150 valence electrons. The van der Waals surface area contributed by atoms with Crippen molar-refractivity contribution >= 4 is 11.6 Å². The zero-order valence-electron chi connectivity index (χ0n) is 16.9. The highest BCUT2D eigenvalue weighted by molar-refractivity contribution is 6.02. The average molecular weight is 390 g/mol. The summed E-state index contributed by atoms with van der Waals surface area (Å²) in [4.78, 5) is 15.2. The maximum absolute atomic E-state index is 13.4. The Morgan fingerprint density at radius 3 is 2.59 bits per heavy atom. The number of fused-ring (bicyclic) bond motifs is 1. The van der Waals surface area contributed by atoms with E-state index in [-0.39, 0.29) is 5.91 Å². The van der Waals surface area contributed by atoms with Crippen LogP contribution < -0.4 is 10.1 Å². The van der Waals surface area contributed by atoms with Gasteiger partial charge in [0.25, 0.3) is 5.91 Å². The van der Waals surface area contributed by atoms with E-state index < -0.39 is 5.66 Å². The normalized spacial score (nSPS) is 18.3. The molecule has 0 saturated carbocycles. The van der Waals surface area contributed by atoms with E-state index in [4.69, 9.17) is 9.15 Å². The quantitative estimate of drug-likeness (QED) is 0.549. The molecule has 1 unspecified atom stereocenters. The second-order valence-corrected chi connectivity index (χ2v) is 7.44. The smallest absolute Gasteiger partial charge is 0.258 e. The highest BCUT2D eigenvalue weighted by atomic mass is 16.5. The van der Waals surface area contributed by atoms with Crippen molar-refractivity contribution < 1.29 is 13.9 Å². The van der Waals surface area contributed by atoms with Gasteiger partial charge in [-0.15, -0.1) is 0 Å². The third-order valence-corrected chi connectivity index (χ3v) is 5.40. The first-order valence-electron chi connectivity index (χ1n) is 10.1. The largest absolute Gasteiger partial charge is 0.494 e. The second-order valence-electron chi connectivity index (χ2n) is 7.44. The van der Waals surface area contributed by atoms with Crippen LogP contribution in [0, 0.1) is 0 Å². The van der Waals surface area contributed by atoms with E-state index in [9.17, 15) is 4.79 Å². The number of amides is 1. The molecule has 1 amide bonds. The number of hydrogen-bond acceptors (Lipinski definition) is 4. The molecule has 1 aliphatic rings. The van der Waals surface area contributed by atoms with Crippen molar-refractivity contribution in [2.75, 3.05) is 11.9 Å². The third-order valence-electron chi connectivity index (χ3n) is 5.40. The molecule has 0 fully saturated rings. The molecule has 0 aliphatic carbocycles. The molecule has 2 aromatic carbocycles. The van der Waals surface area contributed by atoms with Gasteiger partial charge in [0.05, 0.1) is 25.0 Å². The van der Waals surface area contributed by atoms with E-state index in [1.165, 1.54) is 0 Å². The van der Waals surface area contributed by atoms with E-state index in [0.29, 0.717) is 18.7 Å². The summed E-state index contributed by atoms with van der Waals surface area (Å²) in [7, 11) is 0. The Morgan fingerprint density at radius 1 is 1.07 bits per heavy atom. The number of nitrogens with zero attached hydrogens (tertiary/aromatic N) is 1. The topological polar surface area (TPSA) is 54.7 Å². The zero-order chi connectivity index (χ0) is 20.3. The minimum Gasteiger partial charge on any atom is -0.494 e. The van der Waals surface area contributed by atoms with Crippen molar-refractivity contribution in [1.82, 2.24) is 4.90 Å². The van der Waals surface area contributed by atoms with Crippen LogP contribution in [-0.2, 0) is 12.2 Å². The van der Waals surface area contributed by atoms with Crippen LogP contribution in [0.25, 0.3) is 0 Å². The lowest BCUT2D eigenvalue weighted by Gasteiger charge is -2.46. The molecule has 5 heteroatoms.